The minimum absolute atomic E-state index is 0. The lowest BCUT2D eigenvalue weighted by Gasteiger charge is -2.21. The smallest absolute Gasteiger partial charge is 0.256 e. The van der Waals surface area contributed by atoms with Crippen molar-refractivity contribution in [1.29, 1.82) is 0 Å². The minimum atomic E-state index is 0. The second-order valence-corrected chi connectivity index (χ2v) is 5.44. The molecule has 5 heteroatoms. The molecule has 1 atom stereocenters. The summed E-state index contributed by atoms with van der Waals surface area (Å²) in [5.74, 6) is 1.85. The maximum absolute atomic E-state index is 5.69. The Hall–Kier alpha value is -0.710. The summed E-state index contributed by atoms with van der Waals surface area (Å²) in [5, 5.41) is 4.24. The monoisotopic (exact) mass is 284 g/mol. The van der Waals surface area contributed by atoms with E-state index < -0.39 is 0 Å². The van der Waals surface area contributed by atoms with Crippen LogP contribution in [0.5, 0.6) is 0 Å². The number of fused-ring (bicyclic) bond motifs is 1. The van der Waals surface area contributed by atoms with Gasteiger partial charge < -0.3 is 9.73 Å². The Labute approximate surface area is 117 Å². The Morgan fingerprint density at radius 1 is 1.39 bits per heavy atom. The largest absolute Gasteiger partial charge is 0.431 e. The predicted octanol–water partition coefficient (Wildman–Crippen LogP) is 3.34. The molecule has 0 radical (unpaired) electrons. The first-order chi connectivity index (χ1) is 8.42. The van der Waals surface area contributed by atoms with Crippen LogP contribution in [0, 0.1) is 5.92 Å². The number of para-hydroxylation sites is 2. The third-order valence-corrected chi connectivity index (χ3v) is 4.18. The molecule has 0 spiro atoms. The van der Waals surface area contributed by atoms with Crippen LogP contribution in [0.4, 0.5) is 0 Å². The SMILES string of the molecule is Cl.c1ccc2oc(SCC3CCCNC3)nc2c1. The lowest BCUT2D eigenvalue weighted by molar-refractivity contribution is 0.408. The minimum Gasteiger partial charge on any atom is -0.431 e. The van der Waals surface area contributed by atoms with E-state index in [1.165, 1.54) is 19.4 Å². The summed E-state index contributed by atoms with van der Waals surface area (Å²) in [6.45, 7) is 2.30. The first kappa shape index (κ1) is 13.7. The van der Waals surface area contributed by atoms with Crippen molar-refractivity contribution in [3.63, 3.8) is 0 Å². The molecule has 1 aliphatic rings. The van der Waals surface area contributed by atoms with E-state index in [4.69, 9.17) is 4.42 Å². The Bertz CT molecular complexity index is 463. The Morgan fingerprint density at radius 2 is 2.28 bits per heavy atom. The Kier molecular flexibility index (Phi) is 4.92. The third kappa shape index (κ3) is 3.19. The molecule has 2 aromatic rings. The number of nitrogens with zero attached hydrogens (tertiary/aromatic N) is 1. The van der Waals surface area contributed by atoms with Gasteiger partial charge >= 0.3 is 0 Å². The van der Waals surface area contributed by atoms with Gasteiger partial charge in [0.15, 0.2) is 5.58 Å². The summed E-state index contributed by atoms with van der Waals surface area (Å²) in [5.41, 5.74) is 1.84. The summed E-state index contributed by atoms with van der Waals surface area (Å²) in [7, 11) is 0. The molecule has 1 aromatic heterocycles. The molecule has 0 amide bonds. The summed E-state index contributed by atoms with van der Waals surface area (Å²) >= 11 is 1.73. The first-order valence-electron chi connectivity index (χ1n) is 6.11. The molecule has 0 bridgehead atoms. The number of benzene rings is 1. The van der Waals surface area contributed by atoms with E-state index >= 15 is 0 Å². The van der Waals surface area contributed by atoms with Crippen molar-refractivity contribution in [1.82, 2.24) is 10.3 Å². The van der Waals surface area contributed by atoms with Crippen molar-refractivity contribution < 1.29 is 4.42 Å². The quantitative estimate of drug-likeness (QED) is 0.878. The van der Waals surface area contributed by atoms with Crippen molar-refractivity contribution in [3.05, 3.63) is 24.3 Å². The van der Waals surface area contributed by atoms with E-state index in [-0.39, 0.29) is 12.4 Å². The molecular formula is C13H17ClN2OS. The van der Waals surface area contributed by atoms with E-state index in [0.717, 1.165) is 34.5 Å². The molecule has 3 rings (SSSR count). The van der Waals surface area contributed by atoms with Crippen LogP contribution in [0.25, 0.3) is 11.1 Å². The highest BCUT2D eigenvalue weighted by Crippen LogP contribution is 2.26. The van der Waals surface area contributed by atoms with Gasteiger partial charge in [-0.05, 0) is 44.0 Å². The van der Waals surface area contributed by atoms with Crippen LogP contribution in [0.3, 0.4) is 0 Å². The topological polar surface area (TPSA) is 38.1 Å². The maximum atomic E-state index is 5.69. The molecular weight excluding hydrogens is 268 g/mol. The van der Waals surface area contributed by atoms with Crippen molar-refractivity contribution >= 4 is 35.3 Å². The van der Waals surface area contributed by atoms with Gasteiger partial charge in [0.2, 0.25) is 0 Å². The summed E-state index contributed by atoms with van der Waals surface area (Å²) < 4.78 is 5.69. The number of thioether (sulfide) groups is 1. The second kappa shape index (κ2) is 6.45. The van der Waals surface area contributed by atoms with Gasteiger partial charge in [0.05, 0.1) is 0 Å². The van der Waals surface area contributed by atoms with Crippen molar-refractivity contribution in [3.8, 4) is 0 Å². The summed E-state index contributed by atoms with van der Waals surface area (Å²) in [6, 6.07) is 7.93. The number of nitrogens with one attached hydrogen (secondary N) is 1. The van der Waals surface area contributed by atoms with Gasteiger partial charge in [-0.1, -0.05) is 23.9 Å². The zero-order valence-corrected chi connectivity index (χ0v) is 11.7. The Balaban J connectivity index is 0.00000120. The third-order valence-electron chi connectivity index (χ3n) is 3.12. The first-order valence-corrected chi connectivity index (χ1v) is 7.09. The fourth-order valence-corrected chi connectivity index (χ4v) is 3.14. The van der Waals surface area contributed by atoms with E-state index in [0.29, 0.717) is 0 Å². The number of piperidine rings is 1. The fourth-order valence-electron chi connectivity index (χ4n) is 2.17. The number of hydrogen-bond donors (Lipinski definition) is 1. The van der Waals surface area contributed by atoms with Gasteiger partial charge in [0.25, 0.3) is 5.22 Å². The highest BCUT2D eigenvalue weighted by atomic mass is 35.5. The molecule has 2 heterocycles. The molecule has 0 aliphatic carbocycles. The highest BCUT2D eigenvalue weighted by Gasteiger charge is 2.14. The molecule has 3 nitrogen and oxygen atoms in total. The van der Waals surface area contributed by atoms with Gasteiger partial charge in [-0.15, -0.1) is 12.4 Å². The van der Waals surface area contributed by atoms with Crippen LogP contribution < -0.4 is 5.32 Å². The van der Waals surface area contributed by atoms with Gasteiger partial charge in [-0.25, -0.2) is 4.98 Å². The average Bonchev–Trinajstić information content (AvgIpc) is 2.80. The molecule has 1 unspecified atom stereocenters. The van der Waals surface area contributed by atoms with Gasteiger partial charge in [0.1, 0.15) is 5.52 Å². The molecule has 1 aliphatic heterocycles. The van der Waals surface area contributed by atoms with Gasteiger partial charge in [-0.2, -0.15) is 0 Å². The van der Waals surface area contributed by atoms with Crippen LogP contribution in [-0.4, -0.2) is 23.8 Å². The standard InChI is InChI=1S/C13H16N2OS.ClH/c1-2-6-12-11(5-1)15-13(16-12)17-9-10-4-3-7-14-8-10;/h1-2,5-6,10,14H,3-4,7-9H2;1H. The molecule has 1 fully saturated rings. The van der Waals surface area contributed by atoms with E-state index in [1.807, 2.05) is 24.3 Å². The zero-order valence-electron chi connectivity index (χ0n) is 10.1. The Morgan fingerprint density at radius 3 is 3.06 bits per heavy atom. The number of aromatic nitrogens is 1. The van der Waals surface area contributed by atoms with Crippen molar-refractivity contribution in [2.75, 3.05) is 18.8 Å². The lowest BCUT2D eigenvalue weighted by atomic mass is 10.0. The fraction of sp³-hybridized carbons (Fsp3) is 0.462. The van der Waals surface area contributed by atoms with E-state index in [1.54, 1.807) is 11.8 Å². The van der Waals surface area contributed by atoms with Gasteiger partial charge in [-0.3, -0.25) is 0 Å². The number of oxazole rings is 1. The van der Waals surface area contributed by atoms with E-state index in [9.17, 15) is 0 Å². The second-order valence-electron chi connectivity index (χ2n) is 4.47. The zero-order chi connectivity index (χ0) is 11.5. The van der Waals surface area contributed by atoms with Crippen LogP contribution in [0.1, 0.15) is 12.8 Å². The lowest BCUT2D eigenvalue weighted by Crippen LogP contribution is -2.30. The van der Waals surface area contributed by atoms with E-state index in [2.05, 4.69) is 10.3 Å². The predicted molar refractivity (Wildman–Crippen MR) is 77.6 cm³/mol. The molecule has 1 saturated heterocycles. The highest BCUT2D eigenvalue weighted by molar-refractivity contribution is 7.99. The number of halogens is 1. The van der Waals surface area contributed by atoms with Crippen molar-refractivity contribution in [2.45, 2.75) is 18.1 Å². The molecule has 0 saturated carbocycles. The van der Waals surface area contributed by atoms with Crippen LogP contribution in [0.2, 0.25) is 0 Å². The average molecular weight is 285 g/mol. The normalized spacial score (nSPS) is 19.7. The number of hydrogen-bond acceptors (Lipinski definition) is 4. The molecule has 1 N–H and O–H groups in total. The molecule has 18 heavy (non-hydrogen) atoms. The summed E-state index contributed by atoms with van der Waals surface area (Å²) in [6.07, 6.45) is 2.61. The van der Waals surface area contributed by atoms with Crippen molar-refractivity contribution in [2.24, 2.45) is 5.92 Å². The molecule has 98 valence electrons. The maximum Gasteiger partial charge on any atom is 0.256 e. The summed E-state index contributed by atoms with van der Waals surface area (Å²) in [4.78, 5) is 4.47. The van der Waals surface area contributed by atoms with Gasteiger partial charge in [0, 0.05) is 5.75 Å². The van der Waals surface area contributed by atoms with Crippen LogP contribution in [0.15, 0.2) is 33.9 Å². The van der Waals surface area contributed by atoms with Crippen LogP contribution in [-0.2, 0) is 0 Å². The number of rotatable bonds is 3. The van der Waals surface area contributed by atoms with Crippen LogP contribution >= 0.6 is 24.2 Å². The molecule has 1 aromatic carbocycles.